The quantitative estimate of drug-likeness (QED) is 0.0518. The Bertz CT molecular complexity index is 759. The number of carbonyl (C=O) groups excluding carboxylic acids is 1. The summed E-state index contributed by atoms with van der Waals surface area (Å²) in [4.78, 5) is 23.3. The number of hydrogen-bond acceptors (Lipinski definition) is 3. The maximum atomic E-state index is 12.5. The van der Waals surface area contributed by atoms with E-state index in [1.54, 1.807) is 0 Å². The van der Waals surface area contributed by atoms with Gasteiger partial charge in [-0.1, -0.05) is 132 Å². The van der Waals surface area contributed by atoms with E-state index in [4.69, 9.17) is 9.84 Å². The molecule has 0 saturated carbocycles. The Hall–Kier alpha value is -2.36. The number of esters is 1. The zero-order valence-corrected chi connectivity index (χ0v) is 27.3. The highest BCUT2D eigenvalue weighted by Crippen LogP contribution is 2.18. The maximum Gasteiger partial charge on any atom is 0.306 e. The first-order valence-electron chi connectivity index (χ1n) is 17.3. The Morgan fingerprint density at radius 2 is 1.00 bits per heavy atom. The SMILES string of the molecule is CC/C=C\C/C=C\C/C=C\C/C=C\C/C=C\CCCC(=O)OC(CCCCCCCCCCC)CCCCCC(=O)O. The molecule has 1 atom stereocenters. The van der Waals surface area contributed by atoms with Gasteiger partial charge in [0.2, 0.25) is 0 Å². The molecule has 42 heavy (non-hydrogen) atoms. The first-order chi connectivity index (χ1) is 20.6. The lowest BCUT2D eigenvalue weighted by Crippen LogP contribution is -2.18. The molecule has 0 spiro atoms. The summed E-state index contributed by atoms with van der Waals surface area (Å²) < 4.78 is 5.88. The molecule has 0 rings (SSSR count). The second-order valence-corrected chi connectivity index (χ2v) is 11.3. The van der Waals surface area contributed by atoms with Crippen molar-refractivity contribution in [2.24, 2.45) is 0 Å². The Kier molecular flexibility index (Phi) is 31.3. The summed E-state index contributed by atoms with van der Waals surface area (Å²) in [7, 11) is 0. The van der Waals surface area contributed by atoms with E-state index in [-0.39, 0.29) is 18.5 Å². The number of hydrogen-bond donors (Lipinski definition) is 1. The number of aliphatic carboxylic acids is 1. The van der Waals surface area contributed by atoms with Crippen LogP contribution in [0.3, 0.4) is 0 Å². The molecule has 0 radical (unpaired) electrons. The van der Waals surface area contributed by atoms with Crippen molar-refractivity contribution in [1.82, 2.24) is 0 Å². The van der Waals surface area contributed by atoms with Crippen LogP contribution in [-0.4, -0.2) is 23.1 Å². The van der Waals surface area contributed by atoms with Crippen molar-refractivity contribution in [1.29, 1.82) is 0 Å². The number of carboxylic acid groups (broad SMARTS) is 1. The number of carboxylic acids is 1. The molecule has 0 aliphatic carbocycles. The first kappa shape index (κ1) is 39.6. The highest BCUT2D eigenvalue weighted by molar-refractivity contribution is 5.69. The summed E-state index contributed by atoms with van der Waals surface area (Å²) in [5.74, 6) is -0.825. The number of allylic oxidation sites excluding steroid dienone is 10. The Morgan fingerprint density at radius 1 is 0.548 bits per heavy atom. The molecule has 0 fully saturated rings. The second-order valence-electron chi connectivity index (χ2n) is 11.3. The molecule has 0 amide bonds. The molecule has 0 aromatic rings. The van der Waals surface area contributed by atoms with Crippen LogP contribution in [-0.2, 0) is 14.3 Å². The fraction of sp³-hybridized carbons (Fsp3) is 0.684. The first-order valence-corrected chi connectivity index (χ1v) is 17.3. The average molecular weight is 585 g/mol. The van der Waals surface area contributed by atoms with Gasteiger partial charge in [0.05, 0.1) is 0 Å². The number of unbranched alkanes of at least 4 members (excludes halogenated alkanes) is 11. The van der Waals surface area contributed by atoms with E-state index in [0.29, 0.717) is 12.8 Å². The van der Waals surface area contributed by atoms with Gasteiger partial charge in [-0.15, -0.1) is 0 Å². The molecule has 240 valence electrons. The minimum absolute atomic E-state index is 0.0272. The number of rotatable bonds is 30. The van der Waals surface area contributed by atoms with Crippen LogP contribution >= 0.6 is 0 Å². The summed E-state index contributed by atoms with van der Waals surface area (Å²) in [5, 5.41) is 8.85. The monoisotopic (exact) mass is 584 g/mol. The van der Waals surface area contributed by atoms with Crippen molar-refractivity contribution >= 4 is 11.9 Å². The third-order valence-electron chi connectivity index (χ3n) is 7.25. The zero-order chi connectivity index (χ0) is 30.8. The predicted molar refractivity (Wildman–Crippen MR) is 181 cm³/mol. The van der Waals surface area contributed by atoms with Crippen LogP contribution in [0, 0.1) is 0 Å². The average Bonchev–Trinajstić information content (AvgIpc) is 2.97. The summed E-state index contributed by atoms with van der Waals surface area (Å²) in [6.45, 7) is 4.40. The van der Waals surface area contributed by atoms with E-state index >= 15 is 0 Å². The van der Waals surface area contributed by atoms with Crippen molar-refractivity contribution in [2.45, 2.75) is 168 Å². The van der Waals surface area contributed by atoms with Crippen LogP contribution in [0.15, 0.2) is 60.8 Å². The largest absolute Gasteiger partial charge is 0.481 e. The highest BCUT2D eigenvalue weighted by Gasteiger charge is 2.14. The molecular weight excluding hydrogens is 520 g/mol. The molecule has 0 heterocycles. The molecular formula is C38H64O4. The Labute approximate surface area is 259 Å². The van der Waals surface area contributed by atoms with E-state index in [1.807, 2.05) is 0 Å². The number of ether oxygens (including phenoxy) is 1. The van der Waals surface area contributed by atoms with E-state index in [1.165, 1.54) is 51.4 Å². The third kappa shape index (κ3) is 32.2. The fourth-order valence-corrected chi connectivity index (χ4v) is 4.75. The van der Waals surface area contributed by atoms with Gasteiger partial charge < -0.3 is 9.84 Å². The summed E-state index contributed by atoms with van der Waals surface area (Å²) >= 11 is 0. The molecule has 0 bridgehead atoms. The molecule has 1 unspecified atom stereocenters. The van der Waals surface area contributed by atoms with E-state index in [9.17, 15) is 9.59 Å². The van der Waals surface area contributed by atoms with Crippen molar-refractivity contribution in [3.63, 3.8) is 0 Å². The van der Waals surface area contributed by atoms with Crippen LogP contribution in [0.25, 0.3) is 0 Å². The number of carbonyl (C=O) groups is 2. The van der Waals surface area contributed by atoms with Gasteiger partial charge in [-0.25, -0.2) is 0 Å². The van der Waals surface area contributed by atoms with Gasteiger partial charge in [0.1, 0.15) is 6.10 Å². The van der Waals surface area contributed by atoms with E-state index < -0.39 is 5.97 Å². The van der Waals surface area contributed by atoms with Crippen LogP contribution < -0.4 is 0 Å². The highest BCUT2D eigenvalue weighted by atomic mass is 16.5. The zero-order valence-electron chi connectivity index (χ0n) is 27.3. The van der Waals surface area contributed by atoms with Gasteiger partial charge in [-0.3, -0.25) is 9.59 Å². The third-order valence-corrected chi connectivity index (χ3v) is 7.25. The molecule has 0 aromatic carbocycles. The maximum absolute atomic E-state index is 12.5. The summed E-state index contributed by atoms with van der Waals surface area (Å²) in [5.41, 5.74) is 0. The van der Waals surface area contributed by atoms with Crippen LogP contribution in [0.1, 0.15) is 162 Å². The molecule has 0 aliphatic heterocycles. The smallest absolute Gasteiger partial charge is 0.306 e. The fourth-order valence-electron chi connectivity index (χ4n) is 4.75. The van der Waals surface area contributed by atoms with Gasteiger partial charge in [-0.05, 0) is 77.0 Å². The molecule has 0 aromatic heterocycles. The molecule has 4 nitrogen and oxygen atoms in total. The molecule has 0 saturated heterocycles. The van der Waals surface area contributed by atoms with Crippen LogP contribution in [0.5, 0.6) is 0 Å². The van der Waals surface area contributed by atoms with Gasteiger partial charge in [0.15, 0.2) is 0 Å². The second kappa shape index (κ2) is 33.1. The topological polar surface area (TPSA) is 63.6 Å². The van der Waals surface area contributed by atoms with Crippen molar-refractivity contribution in [3.8, 4) is 0 Å². The van der Waals surface area contributed by atoms with Crippen molar-refractivity contribution in [3.05, 3.63) is 60.8 Å². The standard InChI is InChI=1S/C38H64O4/c1-3-5-7-9-11-13-14-15-16-17-18-19-20-22-24-26-31-35-38(41)42-36(33-29-27-30-34-37(39)40)32-28-25-23-21-12-10-8-6-4-2/h5,7,11,13,15-16,18-19,22,24,36H,3-4,6,8-10,12,14,17,20-21,23,25-35H2,1-2H3,(H,39,40)/b7-5-,13-11-,16-15-,19-18-,24-22-. The van der Waals surface area contributed by atoms with Crippen molar-refractivity contribution in [2.75, 3.05) is 0 Å². The minimum atomic E-state index is -0.736. The lowest BCUT2D eigenvalue weighted by molar-refractivity contribution is -0.150. The lowest BCUT2D eigenvalue weighted by atomic mass is 10.0. The lowest BCUT2D eigenvalue weighted by Gasteiger charge is -2.18. The normalized spacial score (nSPS) is 13.0. The van der Waals surface area contributed by atoms with E-state index in [2.05, 4.69) is 74.6 Å². The molecule has 4 heteroatoms. The minimum Gasteiger partial charge on any atom is -0.481 e. The van der Waals surface area contributed by atoms with Crippen molar-refractivity contribution < 1.29 is 19.4 Å². The van der Waals surface area contributed by atoms with Gasteiger partial charge in [-0.2, -0.15) is 0 Å². The summed E-state index contributed by atoms with van der Waals surface area (Å²) in [6.07, 6.45) is 45.1. The Balaban J connectivity index is 4.10. The van der Waals surface area contributed by atoms with Gasteiger partial charge in [0, 0.05) is 12.8 Å². The van der Waals surface area contributed by atoms with Crippen LogP contribution in [0.4, 0.5) is 0 Å². The van der Waals surface area contributed by atoms with Crippen LogP contribution in [0.2, 0.25) is 0 Å². The summed E-state index contributed by atoms with van der Waals surface area (Å²) in [6, 6.07) is 0. The molecule has 1 N–H and O–H groups in total. The van der Waals surface area contributed by atoms with Gasteiger partial charge >= 0.3 is 11.9 Å². The Morgan fingerprint density at radius 3 is 1.50 bits per heavy atom. The predicted octanol–water partition coefficient (Wildman–Crippen LogP) is 11.8. The van der Waals surface area contributed by atoms with Gasteiger partial charge in [0.25, 0.3) is 0 Å². The van der Waals surface area contributed by atoms with E-state index in [0.717, 1.165) is 77.0 Å². The molecule has 0 aliphatic rings.